The lowest BCUT2D eigenvalue weighted by Crippen LogP contribution is -2.19. The standard InChI is InChI=1S/C13H22N2O2/c1-4-16-7-8-17-13-6-5-11(3)15-12(13)9-10(2)14/h5-6,10H,4,7-9,14H2,1-3H3. The van der Waals surface area contributed by atoms with Gasteiger partial charge in [-0.25, -0.2) is 0 Å². The van der Waals surface area contributed by atoms with Crippen molar-refractivity contribution in [3.63, 3.8) is 0 Å². The molecule has 4 heteroatoms. The number of hydrogen-bond acceptors (Lipinski definition) is 4. The molecule has 4 nitrogen and oxygen atoms in total. The Morgan fingerprint density at radius 3 is 2.76 bits per heavy atom. The predicted octanol–water partition coefficient (Wildman–Crippen LogP) is 1.70. The van der Waals surface area contributed by atoms with Crippen molar-refractivity contribution in [2.24, 2.45) is 5.73 Å². The molecule has 0 saturated heterocycles. The molecule has 0 fully saturated rings. The number of pyridine rings is 1. The summed E-state index contributed by atoms with van der Waals surface area (Å²) in [4.78, 5) is 4.47. The molecule has 1 unspecified atom stereocenters. The van der Waals surface area contributed by atoms with Gasteiger partial charge in [-0.3, -0.25) is 4.98 Å². The number of ether oxygens (including phenoxy) is 2. The Hall–Kier alpha value is -1.13. The summed E-state index contributed by atoms with van der Waals surface area (Å²) in [6, 6.07) is 3.98. The van der Waals surface area contributed by atoms with Crippen molar-refractivity contribution in [3.8, 4) is 5.75 Å². The van der Waals surface area contributed by atoms with E-state index in [4.69, 9.17) is 15.2 Å². The lowest BCUT2D eigenvalue weighted by Gasteiger charge is -2.13. The van der Waals surface area contributed by atoms with Gasteiger partial charge in [-0.1, -0.05) is 0 Å². The van der Waals surface area contributed by atoms with Crippen LogP contribution < -0.4 is 10.5 Å². The monoisotopic (exact) mass is 238 g/mol. The molecule has 1 atom stereocenters. The van der Waals surface area contributed by atoms with Crippen LogP contribution in [-0.2, 0) is 11.2 Å². The van der Waals surface area contributed by atoms with Gasteiger partial charge in [0.1, 0.15) is 12.4 Å². The molecule has 0 bridgehead atoms. The molecule has 0 saturated carbocycles. The average molecular weight is 238 g/mol. The lowest BCUT2D eigenvalue weighted by molar-refractivity contribution is 0.109. The molecule has 0 amide bonds. The zero-order valence-electron chi connectivity index (χ0n) is 10.9. The van der Waals surface area contributed by atoms with Crippen LogP contribution in [0.5, 0.6) is 5.75 Å². The van der Waals surface area contributed by atoms with Crippen molar-refractivity contribution in [2.75, 3.05) is 19.8 Å². The molecule has 0 spiro atoms. The maximum atomic E-state index is 5.80. The molecule has 2 N–H and O–H groups in total. The van der Waals surface area contributed by atoms with Crippen LogP contribution in [0, 0.1) is 6.92 Å². The van der Waals surface area contributed by atoms with Gasteiger partial charge in [-0.2, -0.15) is 0 Å². The van der Waals surface area contributed by atoms with E-state index in [-0.39, 0.29) is 6.04 Å². The zero-order valence-corrected chi connectivity index (χ0v) is 10.9. The SMILES string of the molecule is CCOCCOc1ccc(C)nc1CC(C)N. The first-order valence-electron chi connectivity index (χ1n) is 6.06. The third kappa shape index (κ3) is 5.15. The minimum atomic E-state index is 0.0820. The van der Waals surface area contributed by atoms with Gasteiger partial charge in [0.25, 0.3) is 0 Å². The Labute approximate surface area is 103 Å². The largest absolute Gasteiger partial charge is 0.489 e. The van der Waals surface area contributed by atoms with Crippen molar-refractivity contribution >= 4 is 0 Å². The molecule has 96 valence electrons. The highest BCUT2D eigenvalue weighted by molar-refractivity contribution is 5.29. The Balaban J connectivity index is 2.62. The third-order valence-electron chi connectivity index (χ3n) is 2.28. The van der Waals surface area contributed by atoms with Gasteiger partial charge in [0, 0.05) is 24.8 Å². The van der Waals surface area contributed by atoms with Crippen LogP contribution >= 0.6 is 0 Å². The number of rotatable bonds is 7. The van der Waals surface area contributed by atoms with Crippen LogP contribution in [0.3, 0.4) is 0 Å². The highest BCUT2D eigenvalue weighted by atomic mass is 16.5. The van der Waals surface area contributed by atoms with Crippen LogP contribution in [0.4, 0.5) is 0 Å². The fourth-order valence-electron chi connectivity index (χ4n) is 1.54. The molecule has 17 heavy (non-hydrogen) atoms. The molecule has 0 aliphatic heterocycles. The minimum Gasteiger partial charge on any atom is -0.489 e. The van der Waals surface area contributed by atoms with E-state index in [9.17, 15) is 0 Å². The molecule has 1 aromatic heterocycles. The van der Waals surface area contributed by atoms with Gasteiger partial charge in [0.05, 0.1) is 12.3 Å². The van der Waals surface area contributed by atoms with Crippen molar-refractivity contribution in [3.05, 3.63) is 23.5 Å². The summed E-state index contributed by atoms with van der Waals surface area (Å²) in [5, 5.41) is 0. The Bertz CT molecular complexity index is 340. The van der Waals surface area contributed by atoms with E-state index in [0.717, 1.165) is 23.6 Å². The summed E-state index contributed by atoms with van der Waals surface area (Å²) < 4.78 is 10.9. The minimum absolute atomic E-state index is 0.0820. The van der Waals surface area contributed by atoms with E-state index in [0.29, 0.717) is 19.8 Å². The van der Waals surface area contributed by atoms with Crippen LogP contribution in [0.15, 0.2) is 12.1 Å². The predicted molar refractivity (Wildman–Crippen MR) is 68.3 cm³/mol. The zero-order chi connectivity index (χ0) is 12.7. The van der Waals surface area contributed by atoms with Gasteiger partial charge in [0.2, 0.25) is 0 Å². The van der Waals surface area contributed by atoms with Crippen molar-refractivity contribution in [1.82, 2.24) is 4.98 Å². The number of aryl methyl sites for hydroxylation is 1. The van der Waals surface area contributed by atoms with Gasteiger partial charge < -0.3 is 15.2 Å². The second-order valence-electron chi connectivity index (χ2n) is 4.12. The first kappa shape index (κ1) is 13.9. The molecule has 0 aliphatic carbocycles. The van der Waals surface area contributed by atoms with Crippen LogP contribution in [0.1, 0.15) is 25.2 Å². The lowest BCUT2D eigenvalue weighted by atomic mass is 10.1. The van der Waals surface area contributed by atoms with E-state index in [1.165, 1.54) is 0 Å². The highest BCUT2D eigenvalue weighted by Gasteiger charge is 2.08. The highest BCUT2D eigenvalue weighted by Crippen LogP contribution is 2.18. The molecule has 0 aliphatic rings. The fraction of sp³-hybridized carbons (Fsp3) is 0.615. The van der Waals surface area contributed by atoms with E-state index in [1.54, 1.807) is 0 Å². The Kier molecular flexibility index (Phi) is 5.94. The van der Waals surface area contributed by atoms with Crippen LogP contribution in [-0.4, -0.2) is 30.8 Å². The topological polar surface area (TPSA) is 57.4 Å². The van der Waals surface area contributed by atoms with Gasteiger partial charge in [0.15, 0.2) is 0 Å². The van der Waals surface area contributed by atoms with Gasteiger partial charge in [-0.15, -0.1) is 0 Å². The first-order chi connectivity index (χ1) is 8.13. The average Bonchev–Trinajstić information content (AvgIpc) is 2.26. The normalized spacial score (nSPS) is 12.5. The number of hydrogen-bond donors (Lipinski definition) is 1. The second-order valence-corrected chi connectivity index (χ2v) is 4.12. The second kappa shape index (κ2) is 7.25. The van der Waals surface area contributed by atoms with E-state index < -0.39 is 0 Å². The maximum absolute atomic E-state index is 5.80. The summed E-state index contributed by atoms with van der Waals surface area (Å²) in [5.41, 5.74) is 7.71. The van der Waals surface area contributed by atoms with Gasteiger partial charge >= 0.3 is 0 Å². The summed E-state index contributed by atoms with van der Waals surface area (Å²) >= 11 is 0. The van der Waals surface area contributed by atoms with Crippen molar-refractivity contribution < 1.29 is 9.47 Å². The summed E-state index contributed by atoms with van der Waals surface area (Å²) in [6.07, 6.45) is 0.728. The molecule has 1 rings (SSSR count). The molecule has 0 aromatic carbocycles. The van der Waals surface area contributed by atoms with Crippen molar-refractivity contribution in [2.45, 2.75) is 33.2 Å². The van der Waals surface area contributed by atoms with Crippen molar-refractivity contribution in [1.29, 1.82) is 0 Å². The van der Waals surface area contributed by atoms with E-state index in [2.05, 4.69) is 4.98 Å². The number of nitrogens with zero attached hydrogens (tertiary/aromatic N) is 1. The molecular weight excluding hydrogens is 216 g/mol. The number of nitrogens with two attached hydrogens (primary N) is 1. The first-order valence-corrected chi connectivity index (χ1v) is 6.06. The fourth-order valence-corrected chi connectivity index (χ4v) is 1.54. The molecule has 0 radical (unpaired) electrons. The Morgan fingerprint density at radius 1 is 1.35 bits per heavy atom. The summed E-state index contributed by atoms with van der Waals surface area (Å²) in [7, 11) is 0. The van der Waals surface area contributed by atoms with E-state index >= 15 is 0 Å². The summed E-state index contributed by atoms with van der Waals surface area (Å²) in [5.74, 6) is 0.813. The molecule has 1 aromatic rings. The third-order valence-corrected chi connectivity index (χ3v) is 2.28. The van der Waals surface area contributed by atoms with Crippen LogP contribution in [0.25, 0.3) is 0 Å². The molecular formula is C13H22N2O2. The number of aromatic nitrogens is 1. The van der Waals surface area contributed by atoms with Gasteiger partial charge in [-0.05, 0) is 32.9 Å². The smallest absolute Gasteiger partial charge is 0.140 e. The Morgan fingerprint density at radius 2 is 2.12 bits per heavy atom. The van der Waals surface area contributed by atoms with Crippen LogP contribution in [0.2, 0.25) is 0 Å². The van der Waals surface area contributed by atoms with E-state index in [1.807, 2.05) is 32.9 Å². The molecule has 1 heterocycles. The quantitative estimate of drug-likeness (QED) is 0.734. The maximum Gasteiger partial charge on any atom is 0.140 e. The summed E-state index contributed by atoms with van der Waals surface area (Å²) in [6.45, 7) is 7.76.